The van der Waals surface area contributed by atoms with E-state index in [0.717, 1.165) is 12.0 Å². The fraction of sp³-hybridized carbons (Fsp3) is 0.400. The van der Waals surface area contributed by atoms with Crippen molar-refractivity contribution in [1.29, 1.82) is 0 Å². The number of nitrogens with two attached hydrogens (primary N) is 1. The van der Waals surface area contributed by atoms with Crippen molar-refractivity contribution in [2.24, 2.45) is 0 Å². The smallest absolute Gasteiger partial charge is 0.0810 e. The lowest BCUT2D eigenvalue weighted by atomic mass is 10.0. The molecule has 0 amide bonds. The summed E-state index contributed by atoms with van der Waals surface area (Å²) in [6.45, 7) is 2.02. The van der Waals surface area contributed by atoms with Gasteiger partial charge in [-0.2, -0.15) is 0 Å². The molecule has 1 rings (SSSR count). The summed E-state index contributed by atoms with van der Waals surface area (Å²) in [7, 11) is 0. The van der Waals surface area contributed by atoms with E-state index < -0.39 is 6.10 Å². The van der Waals surface area contributed by atoms with E-state index in [-0.39, 0.29) is 0 Å². The van der Waals surface area contributed by atoms with Crippen molar-refractivity contribution >= 4 is 17.3 Å². The van der Waals surface area contributed by atoms with Gasteiger partial charge in [-0.25, -0.2) is 0 Å². The highest BCUT2D eigenvalue weighted by Gasteiger charge is 2.09. The molecule has 0 saturated heterocycles. The summed E-state index contributed by atoms with van der Waals surface area (Å²) in [5, 5.41) is 10.3. The van der Waals surface area contributed by atoms with Gasteiger partial charge in [0, 0.05) is 16.3 Å². The molecule has 0 aromatic heterocycles. The summed E-state index contributed by atoms with van der Waals surface area (Å²) in [4.78, 5) is 0. The van der Waals surface area contributed by atoms with Crippen LogP contribution in [0.2, 0.25) is 5.02 Å². The van der Waals surface area contributed by atoms with Crippen LogP contribution >= 0.6 is 11.6 Å². The van der Waals surface area contributed by atoms with E-state index in [9.17, 15) is 5.11 Å². The van der Waals surface area contributed by atoms with Gasteiger partial charge in [0.1, 0.15) is 0 Å². The topological polar surface area (TPSA) is 46.2 Å². The van der Waals surface area contributed by atoms with Gasteiger partial charge in [0.05, 0.1) is 6.10 Å². The Morgan fingerprint density at radius 1 is 1.54 bits per heavy atom. The molecule has 0 spiro atoms. The number of hydrogen-bond acceptors (Lipinski definition) is 2. The third-order valence-corrected chi connectivity index (χ3v) is 2.21. The highest BCUT2D eigenvalue weighted by molar-refractivity contribution is 6.30. The van der Waals surface area contributed by atoms with Crippen molar-refractivity contribution in [3.05, 3.63) is 28.8 Å². The van der Waals surface area contributed by atoms with Crippen LogP contribution in [0.5, 0.6) is 0 Å². The standard InChI is InChI=1S/C10H14ClNO/c1-2-3-10(13)8-6-7(11)4-5-9(8)12/h4-6,10,13H,2-3,12H2,1H3. The second-order valence-electron chi connectivity index (χ2n) is 3.08. The van der Waals surface area contributed by atoms with Crippen LogP contribution < -0.4 is 5.73 Å². The Morgan fingerprint density at radius 2 is 2.23 bits per heavy atom. The number of rotatable bonds is 3. The fourth-order valence-electron chi connectivity index (χ4n) is 1.26. The first-order valence-electron chi connectivity index (χ1n) is 4.38. The molecule has 0 heterocycles. The highest BCUT2D eigenvalue weighted by atomic mass is 35.5. The number of anilines is 1. The van der Waals surface area contributed by atoms with E-state index in [2.05, 4.69) is 0 Å². The maximum atomic E-state index is 9.69. The van der Waals surface area contributed by atoms with E-state index in [1.807, 2.05) is 6.92 Å². The quantitative estimate of drug-likeness (QED) is 0.736. The number of aliphatic hydroxyl groups is 1. The van der Waals surface area contributed by atoms with Gasteiger partial charge in [0.2, 0.25) is 0 Å². The first-order chi connectivity index (χ1) is 6.15. The molecule has 1 aromatic carbocycles. The third kappa shape index (κ3) is 2.61. The normalized spacial score (nSPS) is 12.8. The Morgan fingerprint density at radius 3 is 2.85 bits per heavy atom. The van der Waals surface area contributed by atoms with Crippen LogP contribution in [0.15, 0.2) is 18.2 Å². The summed E-state index contributed by atoms with van der Waals surface area (Å²) in [5.41, 5.74) is 7.04. The Kier molecular flexibility index (Phi) is 3.58. The molecule has 1 unspecified atom stereocenters. The molecule has 0 saturated carbocycles. The Hall–Kier alpha value is -0.730. The minimum atomic E-state index is -0.497. The van der Waals surface area contributed by atoms with Crippen LogP contribution in [0.25, 0.3) is 0 Å². The van der Waals surface area contributed by atoms with Crippen molar-refractivity contribution in [2.45, 2.75) is 25.9 Å². The summed E-state index contributed by atoms with van der Waals surface area (Å²) < 4.78 is 0. The molecule has 3 heteroatoms. The molecule has 0 fully saturated rings. The average Bonchev–Trinajstić information content (AvgIpc) is 2.09. The van der Waals surface area contributed by atoms with Crippen LogP contribution in [0.3, 0.4) is 0 Å². The fourth-order valence-corrected chi connectivity index (χ4v) is 1.44. The third-order valence-electron chi connectivity index (χ3n) is 1.97. The monoisotopic (exact) mass is 199 g/mol. The van der Waals surface area contributed by atoms with Gasteiger partial charge in [-0.1, -0.05) is 24.9 Å². The second kappa shape index (κ2) is 4.49. The zero-order valence-corrected chi connectivity index (χ0v) is 8.38. The maximum absolute atomic E-state index is 9.69. The Labute approximate surface area is 83.3 Å². The van der Waals surface area contributed by atoms with E-state index in [4.69, 9.17) is 17.3 Å². The molecule has 0 aliphatic heterocycles. The van der Waals surface area contributed by atoms with E-state index in [0.29, 0.717) is 17.1 Å². The van der Waals surface area contributed by atoms with Gasteiger partial charge in [-0.15, -0.1) is 0 Å². The zero-order valence-electron chi connectivity index (χ0n) is 7.63. The van der Waals surface area contributed by atoms with Crippen LogP contribution in [-0.4, -0.2) is 5.11 Å². The SMILES string of the molecule is CCCC(O)c1cc(Cl)ccc1N. The summed E-state index contributed by atoms with van der Waals surface area (Å²) in [6, 6.07) is 5.16. The molecule has 0 bridgehead atoms. The highest BCUT2D eigenvalue weighted by Crippen LogP contribution is 2.26. The zero-order chi connectivity index (χ0) is 9.84. The molecule has 2 nitrogen and oxygen atoms in total. The first-order valence-corrected chi connectivity index (χ1v) is 4.76. The van der Waals surface area contributed by atoms with Gasteiger partial charge < -0.3 is 10.8 Å². The second-order valence-corrected chi connectivity index (χ2v) is 3.51. The van der Waals surface area contributed by atoms with Gasteiger partial charge in [0.15, 0.2) is 0 Å². The van der Waals surface area contributed by atoms with Crippen molar-refractivity contribution < 1.29 is 5.11 Å². The van der Waals surface area contributed by atoms with Crippen LogP contribution in [0, 0.1) is 0 Å². The molecule has 3 N–H and O–H groups in total. The molecular formula is C10H14ClNO. The van der Waals surface area contributed by atoms with Crippen LogP contribution in [0.1, 0.15) is 31.4 Å². The van der Waals surface area contributed by atoms with Crippen molar-refractivity contribution in [3.63, 3.8) is 0 Å². The van der Waals surface area contributed by atoms with Crippen molar-refractivity contribution in [3.8, 4) is 0 Å². The van der Waals surface area contributed by atoms with Crippen molar-refractivity contribution in [2.75, 3.05) is 5.73 Å². The van der Waals surface area contributed by atoms with E-state index >= 15 is 0 Å². The number of aliphatic hydroxyl groups excluding tert-OH is 1. The van der Waals surface area contributed by atoms with E-state index in [1.54, 1.807) is 18.2 Å². The predicted octanol–water partition coefficient (Wildman–Crippen LogP) is 2.76. The van der Waals surface area contributed by atoms with Gasteiger partial charge in [-0.05, 0) is 24.6 Å². The first kappa shape index (κ1) is 10.4. The van der Waals surface area contributed by atoms with Crippen LogP contribution in [0.4, 0.5) is 5.69 Å². The number of hydrogen-bond donors (Lipinski definition) is 2. The summed E-state index contributed by atoms with van der Waals surface area (Å²) in [6.07, 6.45) is 1.14. The Balaban J connectivity index is 2.91. The van der Waals surface area contributed by atoms with Gasteiger partial charge in [-0.3, -0.25) is 0 Å². The molecule has 0 aliphatic carbocycles. The molecule has 1 atom stereocenters. The number of benzene rings is 1. The largest absolute Gasteiger partial charge is 0.398 e. The minimum absolute atomic E-state index is 0.497. The molecule has 0 radical (unpaired) electrons. The minimum Gasteiger partial charge on any atom is -0.398 e. The molecule has 1 aromatic rings. The van der Waals surface area contributed by atoms with Gasteiger partial charge in [0.25, 0.3) is 0 Å². The van der Waals surface area contributed by atoms with Crippen molar-refractivity contribution in [1.82, 2.24) is 0 Å². The number of halogens is 1. The predicted molar refractivity (Wildman–Crippen MR) is 55.7 cm³/mol. The summed E-state index contributed by atoms with van der Waals surface area (Å²) in [5.74, 6) is 0. The lowest BCUT2D eigenvalue weighted by Crippen LogP contribution is -2.01. The molecule has 0 aliphatic rings. The summed E-state index contributed by atoms with van der Waals surface area (Å²) >= 11 is 5.79. The molecule has 13 heavy (non-hydrogen) atoms. The van der Waals surface area contributed by atoms with Gasteiger partial charge >= 0.3 is 0 Å². The van der Waals surface area contributed by atoms with E-state index in [1.165, 1.54) is 0 Å². The number of nitrogen functional groups attached to an aromatic ring is 1. The molecular weight excluding hydrogens is 186 g/mol. The average molecular weight is 200 g/mol. The lowest BCUT2D eigenvalue weighted by Gasteiger charge is -2.12. The van der Waals surface area contributed by atoms with Crippen LogP contribution in [-0.2, 0) is 0 Å². The Bertz CT molecular complexity index is 288. The lowest BCUT2D eigenvalue weighted by molar-refractivity contribution is 0.167. The molecule has 72 valence electrons. The maximum Gasteiger partial charge on any atom is 0.0810 e.